The summed E-state index contributed by atoms with van der Waals surface area (Å²) >= 11 is 0. The zero-order valence-corrected chi connectivity index (χ0v) is 15.0. The SMILES string of the molecule is CC(C)(C)c1ccc(CC(=O)C2CC3CCC(C2)S3(=O)=O)cc1. The first-order chi connectivity index (χ1) is 10.7. The van der Waals surface area contributed by atoms with Crippen molar-refractivity contribution < 1.29 is 13.2 Å². The minimum absolute atomic E-state index is 0.0710. The Hall–Kier alpha value is -1.16. The van der Waals surface area contributed by atoms with Crippen LogP contribution in [0.5, 0.6) is 0 Å². The molecule has 0 aromatic heterocycles. The number of carbonyl (C=O) groups excluding carboxylic acids is 1. The predicted octanol–water partition coefficient (Wildman–Crippen LogP) is 3.45. The van der Waals surface area contributed by atoms with Gasteiger partial charge in [-0.05, 0) is 42.2 Å². The number of fused-ring (bicyclic) bond motifs is 2. The molecule has 2 heterocycles. The van der Waals surface area contributed by atoms with E-state index in [-0.39, 0.29) is 27.6 Å². The van der Waals surface area contributed by atoms with E-state index in [1.807, 2.05) is 12.1 Å². The van der Waals surface area contributed by atoms with E-state index < -0.39 is 9.84 Å². The van der Waals surface area contributed by atoms with Crippen molar-refractivity contribution in [3.05, 3.63) is 35.4 Å². The summed E-state index contributed by atoms with van der Waals surface area (Å²) in [6.45, 7) is 6.52. The van der Waals surface area contributed by atoms with Gasteiger partial charge >= 0.3 is 0 Å². The highest BCUT2D eigenvalue weighted by Gasteiger charge is 2.48. The number of carbonyl (C=O) groups is 1. The Bertz CT molecular complexity index is 675. The van der Waals surface area contributed by atoms with Crippen LogP contribution in [0.3, 0.4) is 0 Å². The van der Waals surface area contributed by atoms with Crippen molar-refractivity contribution in [3.63, 3.8) is 0 Å². The first kappa shape index (κ1) is 16.7. The Morgan fingerprint density at radius 2 is 1.57 bits per heavy atom. The van der Waals surface area contributed by atoms with Crippen LogP contribution in [0.4, 0.5) is 0 Å². The van der Waals surface area contributed by atoms with Crippen LogP contribution >= 0.6 is 0 Å². The molecule has 4 heteroatoms. The Morgan fingerprint density at radius 1 is 1.04 bits per heavy atom. The van der Waals surface area contributed by atoms with E-state index in [1.165, 1.54) is 5.56 Å². The van der Waals surface area contributed by atoms with E-state index in [2.05, 4.69) is 32.9 Å². The third-order valence-corrected chi connectivity index (χ3v) is 8.20. The van der Waals surface area contributed by atoms with Gasteiger partial charge in [-0.25, -0.2) is 8.42 Å². The Morgan fingerprint density at radius 3 is 2.04 bits per heavy atom. The second-order valence-corrected chi connectivity index (χ2v) is 10.7. The average Bonchev–Trinajstić information content (AvgIpc) is 2.66. The summed E-state index contributed by atoms with van der Waals surface area (Å²) in [5.74, 6) is 0.138. The normalized spacial score (nSPS) is 29.4. The zero-order valence-electron chi connectivity index (χ0n) is 14.2. The van der Waals surface area contributed by atoms with E-state index in [1.54, 1.807) is 0 Å². The lowest BCUT2D eigenvalue weighted by Gasteiger charge is -2.27. The second-order valence-electron chi connectivity index (χ2n) is 8.17. The molecular formula is C19H26O3S. The number of hydrogen-bond donors (Lipinski definition) is 0. The third-order valence-electron chi connectivity index (χ3n) is 5.49. The summed E-state index contributed by atoms with van der Waals surface area (Å²) < 4.78 is 24.2. The number of rotatable bonds is 3. The van der Waals surface area contributed by atoms with Crippen molar-refractivity contribution in [2.75, 3.05) is 0 Å². The van der Waals surface area contributed by atoms with Crippen LogP contribution < -0.4 is 0 Å². The molecule has 0 N–H and O–H groups in total. The summed E-state index contributed by atoms with van der Waals surface area (Å²) in [7, 11) is -2.94. The summed E-state index contributed by atoms with van der Waals surface area (Å²) in [4.78, 5) is 12.6. The molecule has 2 saturated heterocycles. The van der Waals surface area contributed by atoms with Gasteiger partial charge in [-0.2, -0.15) is 0 Å². The van der Waals surface area contributed by atoms with Crippen LogP contribution in [0.15, 0.2) is 24.3 Å². The third kappa shape index (κ3) is 3.23. The van der Waals surface area contributed by atoms with E-state index in [0.29, 0.717) is 19.3 Å². The number of benzene rings is 1. The molecule has 3 nitrogen and oxygen atoms in total. The molecule has 0 aliphatic carbocycles. The number of sulfone groups is 1. The van der Waals surface area contributed by atoms with E-state index in [0.717, 1.165) is 18.4 Å². The first-order valence-corrected chi connectivity index (χ1v) is 10.1. The largest absolute Gasteiger partial charge is 0.299 e. The second kappa shape index (κ2) is 5.73. The highest BCUT2D eigenvalue weighted by molar-refractivity contribution is 7.93. The van der Waals surface area contributed by atoms with Crippen LogP contribution in [0.1, 0.15) is 57.6 Å². The molecule has 2 atom stereocenters. The minimum Gasteiger partial charge on any atom is -0.299 e. The van der Waals surface area contributed by atoms with Crippen LogP contribution in [0, 0.1) is 5.92 Å². The fraction of sp³-hybridized carbons (Fsp3) is 0.632. The van der Waals surface area contributed by atoms with Gasteiger partial charge in [0.25, 0.3) is 0 Å². The van der Waals surface area contributed by atoms with Crippen LogP contribution in [0.2, 0.25) is 0 Å². The van der Waals surface area contributed by atoms with Crippen molar-refractivity contribution in [2.24, 2.45) is 5.92 Å². The van der Waals surface area contributed by atoms with Crippen molar-refractivity contribution in [1.82, 2.24) is 0 Å². The Balaban J connectivity index is 1.66. The Kier molecular flexibility index (Phi) is 4.16. The van der Waals surface area contributed by atoms with E-state index >= 15 is 0 Å². The topological polar surface area (TPSA) is 51.2 Å². The van der Waals surface area contributed by atoms with Gasteiger partial charge in [0.15, 0.2) is 9.84 Å². The zero-order chi connectivity index (χ0) is 16.8. The molecule has 1 aromatic rings. The van der Waals surface area contributed by atoms with Crippen LogP contribution in [-0.4, -0.2) is 24.7 Å². The van der Waals surface area contributed by atoms with E-state index in [4.69, 9.17) is 0 Å². The molecule has 1 aromatic carbocycles. The standard InChI is InChI=1S/C19H26O3S/c1-19(2,3)15-6-4-13(5-7-15)10-18(20)14-11-16-8-9-17(12-14)23(16,21)22/h4-7,14,16-17H,8-12H2,1-3H3. The van der Waals surface area contributed by atoms with Gasteiger partial charge in [0, 0.05) is 12.3 Å². The molecule has 0 amide bonds. The van der Waals surface area contributed by atoms with Gasteiger partial charge in [-0.15, -0.1) is 0 Å². The lowest BCUT2D eigenvalue weighted by atomic mass is 9.85. The molecule has 0 spiro atoms. The maximum Gasteiger partial charge on any atom is 0.156 e. The van der Waals surface area contributed by atoms with Gasteiger partial charge in [-0.1, -0.05) is 45.0 Å². The van der Waals surface area contributed by atoms with Gasteiger partial charge in [0.2, 0.25) is 0 Å². The van der Waals surface area contributed by atoms with Crippen molar-refractivity contribution in [2.45, 2.75) is 68.8 Å². The molecule has 2 unspecified atom stereocenters. The smallest absolute Gasteiger partial charge is 0.156 e. The fourth-order valence-electron chi connectivity index (χ4n) is 3.94. The quantitative estimate of drug-likeness (QED) is 0.851. The minimum atomic E-state index is -2.94. The molecule has 2 aliphatic heterocycles. The van der Waals surface area contributed by atoms with Gasteiger partial charge < -0.3 is 0 Å². The molecule has 2 aliphatic rings. The van der Waals surface area contributed by atoms with Gasteiger partial charge in [0.05, 0.1) is 10.5 Å². The molecule has 2 bridgehead atoms. The predicted molar refractivity (Wildman–Crippen MR) is 92.3 cm³/mol. The summed E-state index contributed by atoms with van der Waals surface area (Å²) in [5, 5.41) is -0.531. The van der Waals surface area contributed by atoms with Crippen molar-refractivity contribution >= 4 is 15.6 Å². The molecule has 0 radical (unpaired) electrons. The highest BCUT2D eigenvalue weighted by atomic mass is 32.2. The molecule has 0 saturated carbocycles. The molecule has 2 fully saturated rings. The molecule has 23 heavy (non-hydrogen) atoms. The monoisotopic (exact) mass is 334 g/mol. The summed E-state index contributed by atoms with van der Waals surface area (Å²) in [6, 6.07) is 8.26. The lowest BCUT2D eigenvalue weighted by molar-refractivity contribution is -0.122. The molecular weight excluding hydrogens is 308 g/mol. The van der Waals surface area contributed by atoms with Crippen molar-refractivity contribution in [1.29, 1.82) is 0 Å². The fourth-order valence-corrected chi connectivity index (χ4v) is 6.41. The molecule has 126 valence electrons. The maximum atomic E-state index is 12.6. The summed E-state index contributed by atoms with van der Waals surface area (Å²) in [5.41, 5.74) is 2.40. The highest BCUT2D eigenvalue weighted by Crippen LogP contribution is 2.41. The number of ketones is 1. The van der Waals surface area contributed by atoms with Crippen molar-refractivity contribution in [3.8, 4) is 0 Å². The summed E-state index contributed by atoms with van der Waals surface area (Å²) in [6.07, 6.45) is 3.00. The maximum absolute atomic E-state index is 12.6. The van der Waals surface area contributed by atoms with E-state index in [9.17, 15) is 13.2 Å². The lowest BCUT2D eigenvalue weighted by Crippen LogP contribution is -2.36. The van der Waals surface area contributed by atoms with Crippen LogP contribution in [-0.2, 0) is 26.5 Å². The first-order valence-electron chi connectivity index (χ1n) is 8.53. The van der Waals surface area contributed by atoms with Gasteiger partial charge in [0.1, 0.15) is 5.78 Å². The van der Waals surface area contributed by atoms with Gasteiger partial charge in [-0.3, -0.25) is 4.79 Å². The van der Waals surface area contributed by atoms with Crippen LogP contribution in [0.25, 0.3) is 0 Å². The molecule has 3 rings (SSSR count). The number of hydrogen-bond acceptors (Lipinski definition) is 3. The number of Topliss-reactive ketones (excluding diaryl/α,β-unsaturated/α-hetero) is 1. The Labute approximate surface area is 139 Å². The average molecular weight is 334 g/mol.